The van der Waals surface area contributed by atoms with Gasteiger partial charge in [-0.25, -0.2) is 4.98 Å². The average molecular weight is 360 g/mol. The zero-order chi connectivity index (χ0) is 16.7. The van der Waals surface area contributed by atoms with Gasteiger partial charge in [0.2, 0.25) is 5.89 Å². The highest BCUT2D eigenvalue weighted by molar-refractivity contribution is 7.14. The Morgan fingerprint density at radius 1 is 1.29 bits per heavy atom. The second-order valence-electron chi connectivity index (χ2n) is 5.17. The van der Waals surface area contributed by atoms with Gasteiger partial charge < -0.3 is 13.9 Å². The first-order chi connectivity index (χ1) is 11.6. The standard InChI is InChI=1S/C17H10ClNO4S/c18-11-6-14(24-8-11)16-12(7-15(20)21)19-17(23-16)10-1-2-13-9(5-10)3-4-22-13/h1-6,8H,7H2,(H,20,21). The van der Waals surface area contributed by atoms with Crippen molar-refractivity contribution in [1.82, 2.24) is 4.98 Å². The molecule has 0 amide bonds. The number of carboxylic acid groups (broad SMARTS) is 1. The molecular formula is C17H10ClNO4S. The first-order valence-electron chi connectivity index (χ1n) is 7.04. The Labute approximate surface area is 145 Å². The van der Waals surface area contributed by atoms with Crippen LogP contribution < -0.4 is 0 Å². The molecule has 0 saturated heterocycles. The monoisotopic (exact) mass is 359 g/mol. The molecule has 0 atom stereocenters. The molecule has 24 heavy (non-hydrogen) atoms. The highest BCUT2D eigenvalue weighted by Crippen LogP contribution is 2.36. The lowest BCUT2D eigenvalue weighted by Gasteiger charge is -1.95. The van der Waals surface area contributed by atoms with Crippen molar-refractivity contribution in [1.29, 1.82) is 0 Å². The molecule has 0 radical (unpaired) electrons. The zero-order valence-electron chi connectivity index (χ0n) is 12.2. The summed E-state index contributed by atoms with van der Waals surface area (Å²) >= 11 is 7.35. The summed E-state index contributed by atoms with van der Waals surface area (Å²) < 4.78 is 11.2. The number of hydrogen-bond acceptors (Lipinski definition) is 5. The van der Waals surface area contributed by atoms with E-state index in [0.29, 0.717) is 22.4 Å². The molecule has 0 aliphatic rings. The van der Waals surface area contributed by atoms with Gasteiger partial charge in [0.1, 0.15) is 5.58 Å². The van der Waals surface area contributed by atoms with Crippen molar-refractivity contribution in [2.75, 3.05) is 0 Å². The summed E-state index contributed by atoms with van der Waals surface area (Å²) in [6.45, 7) is 0. The predicted molar refractivity (Wildman–Crippen MR) is 91.4 cm³/mol. The Kier molecular flexibility index (Phi) is 3.63. The molecule has 0 bridgehead atoms. The van der Waals surface area contributed by atoms with Crippen LogP contribution >= 0.6 is 22.9 Å². The number of nitrogens with zero attached hydrogens (tertiary/aromatic N) is 1. The maximum Gasteiger partial charge on any atom is 0.309 e. The predicted octanol–water partition coefficient (Wildman–Crippen LogP) is 5.10. The molecule has 3 aromatic heterocycles. The summed E-state index contributed by atoms with van der Waals surface area (Å²) in [4.78, 5) is 16.3. The van der Waals surface area contributed by atoms with Gasteiger partial charge in [-0.05, 0) is 30.3 Å². The molecule has 0 unspecified atom stereocenters. The summed E-state index contributed by atoms with van der Waals surface area (Å²) in [5.74, 6) is -0.158. The number of rotatable bonds is 4. The number of fused-ring (bicyclic) bond motifs is 1. The summed E-state index contributed by atoms with van der Waals surface area (Å²) in [7, 11) is 0. The van der Waals surface area contributed by atoms with Crippen LogP contribution in [-0.4, -0.2) is 16.1 Å². The second-order valence-corrected chi connectivity index (χ2v) is 6.52. The van der Waals surface area contributed by atoms with Gasteiger partial charge in [0.25, 0.3) is 0 Å². The molecule has 0 aliphatic heterocycles. The van der Waals surface area contributed by atoms with E-state index in [0.717, 1.165) is 21.4 Å². The summed E-state index contributed by atoms with van der Waals surface area (Å²) in [5, 5.41) is 12.4. The molecule has 0 spiro atoms. The number of carboxylic acids is 1. The van der Waals surface area contributed by atoms with Gasteiger partial charge in [0.15, 0.2) is 5.76 Å². The van der Waals surface area contributed by atoms with E-state index in [9.17, 15) is 4.79 Å². The summed E-state index contributed by atoms with van der Waals surface area (Å²) in [6.07, 6.45) is 1.39. The second kappa shape index (κ2) is 5.81. The molecule has 7 heteroatoms. The minimum Gasteiger partial charge on any atom is -0.481 e. The molecule has 1 N–H and O–H groups in total. The first kappa shape index (κ1) is 15.0. The van der Waals surface area contributed by atoms with Gasteiger partial charge in [-0.2, -0.15) is 0 Å². The fourth-order valence-electron chi connectivity index (χ4n) is 2.46. The van der Waals surface area contributed by atoms with Crippen LogP contribution in [0.4, 0.5) is 0 Å². The van der Waals surface area contributed by atoms with E-state index in [2.05, 4.69) is 4.98 Å². The van der Waals surface area contributed by atoms with Crippen LogP contribution in [-0.2, 0) is 11.2 Å². The molecule has 120 valence electrons. The van der Waals surface area contributed by atoms with Crippen LogP contribution in [0.1, 0.15) is 5.69 Å². The van der Waals surface area contributed by atoms with E-state index in [1.54, 1.807) is 17.7 Å². The Morgan fingerprint density at radius 3 is 2.92 bits per heavy atom. The van der Waals surface area contributed by atoms with Gasteiger partial charge in [0, 0.05) is 16.3 Å². The molecular weight excluding hydrogens is 350 g/mol. The van der Waals surface area contributed by atoms with E-state index in [1.165, 1.54) is 11.3 Å². The van der Waals surface area contributed by atoms with Crippen LogP contribution in [0.25, 0.3) is 33.1 Å². The minimum atomic E-state index is -0.968. The van der Waals surface area contributed by atoms with E-state index in [-0.39, 0.29) is 6.42 Å². The van der Waals surface area contributed by atoms with Crippen molar-refractivity contribution in [3.8, 4) is 22.1 Å². The van der Waals surface area contributed by atoms with Gasteiger partial charge in [0.05, 0.1) is 28.3 Å². The van der Waals surface area contributed by atoms with Crippen LogP contribution in [0.5, 0.6) is 0 Å². The average Bonchev–Trinajstić information content (AvgIpc) is 3.24. The smallest absolute Gasteiger partial charge is 0.309 e. The Balaban J connectivity index is 1.83. The number of furan rings is 1. The highest BCUT2D eigenvalue weighted by atomic mass is 35.5. The fraction of sp³-hybridized carbons (Fsp3) is 0.0588. The van der Waals surface area contributed by atoms with E-state index in [4.69, 9.17) is 25.5 Å². The lowest BCUT2D eigenvalue weighted by molar-refractivity contribution is -0.136. The van der Waals surface area contributed by atoms with Crippen molar-refractivity contribution in [2.45, 2.75) is 6.42 Å². The summed E-state index contributed by atoms with van der Waals surface area (Å²) in [5.41, 5.74) is 1.90. The van der Waals surface area contributed by atoms with Crippen molar-refractivity contribution >= 4 is 39.9 Å². The van der Waals surface area contributed by atoms with Crippen molar-refractivity contribution in [3.05, 3.63) is 52.7 Å². The van der Waals surface area contributed by atoms with E-state index >= 15 is 0 Å². The minimum absolute atomic E-state index is 0.220. The van der Waals surface area contributed by atoms with Gasteiger partial charge in [-0.1, -0.05) is 11.6 Å². The number of thiophene rings is 1. The molecule has 4 rings (SSSR count). The van der Waals surface area contributed by atoms with Crippen LogP contribution in [0.2, 0.25) is 5.02 Å². The number of halogens is 1. The van der Waals surface area contributed by atoms with Gasteiger partial charge >= 0.3 is 5.97 Å². The lowest BCUT2D eigenvalue weighted by atomic mass is 10.1. The quantitative estimate of drug-likeness (QED) is 0.548. The molecule has 0 saturated carbocycles. The van der Waals surface area contributed by atoms with Gasteiger partial charge in [-0.15, -0.1) is 11.3 Å². The van der Waals surface area contributed by atoms with E-state index < -0.39 is 5.97 Å². The molecule has 3 heterocycles. The van der Waals surface area contributed by atoms with Crippen LogP contribution in [0, 0.1) is 0 Å². The van der Waals surface area contributed by atoms with Crippen molar-refractivity contribution < 1.29 is 18.7 Å². The van der Waals surface area contributed by atoms with Crippen LogP contribution in [0.3, 0.4) is 0 Å². The molecule has 4 aromatic rings. The highest BCUT2D eigenvalue weighted by Gasteiger charge is 2.20. The Hall–Kier alpha value is -2.57. The SMILES string of the molecule is O=C(O)Cc1nc(-c2ccc3occc3c2)oc1-c1cc(Cl)cs1. The normalized spacial score (nSPS) is 11.2. The largest absolute Gasteiger partial charge is 0.481 e. The fourth-order valence-corrected chi connectivity index (χ4v) is 3.54. The zero-order valence-corrected chi connectivity index (χ0v) is 13.7. The number of benzene rings is 1. The Morgan fingerprint density at radius 2 is 2.17 bits per heavy atom. The first-order valence-corrected chi connectivity index (χ1v) is 8.29. The number of aliphatic carboxylic acids is 1. The number of carbonyl (C=O) groups is 1. The van der Waals surface area contributed by atoms with Crippen molar-refractivity contribution in [3.63, 3.8) is 0 Å². The topological polar surface area (TPSA) is 76.5 Å². The van der Waals surface area contributed by atoms with E-state index in [1.807, 2.05) is 24.3 Å². The maximum absolute atomic E-state index is 11.1. The molecule has 0 aliphatic carbocycles. The molecule has 5 nitrogen and oxygen atoms in total. The van der Waals surface area contributed by atoms with Gasteiger partial charge in [-0.3, -0.25) is 4.79 Å². The third-order valence-electron chi connectivity index (χ3n) is 3.51. The number of hydrogen-bond donors (Lipinski definition) is 1. The Bertz CT molecular complexity index is 1050. The summed E-state index contributed by atoms with van der Waals surface area (Å²) in [6, 6.07) is 9.13. The number of aromatic nitrogens is 1. The van der Waals surface area contributed by atoms with Crippen molar-refractivity contribution in [2.24, 2.45) is 0 Å². The third kappa shape index (κ3) is 2.70. The third-order valence-corrected chi connectivity index (χ3v) is 4.78. The molecule has 1 aromatic carbocycles. The maximum atomic E-state index is 11.1. The lowest BCUT2D eigenvalue weighted by Crippen LogP contribution is -2.01. The molecule has 0 fully saturated rings. The van der Waals surface area contributed by atoms with Crippen LogP contribution in [0.15, 0.2) is 50.8 Å². The number of oxazole rings is 1.